The molecule has 0 radical (unpaired) electrons. The molecule has 1 heterocycles. The Balaban J connectivity index is 1.81. The highest BCUT2D eigenvalue weighted by atomic mass is 19.4. The van der Waals surface area contributed by atoms with Crippen molar-refractivity contribution in [2.24, 2.45) is 11.0 Å². The minimum atomic E-state index is -5.00. The minimum Gasteiger partial charge on any atom is -0.484 e. The van der Waals surface area contributed by atoms with Gasteiger partial charge in [-0.1, -0.05) is 12.5 Å². The van der Waals surface area contributed by atoms with Crippen molar-refractivity contribution in [3.05, 3.63) is 29.3 Å². The van der Waals surface area contributed by atoms with Crippen molar-refractivity contribution >= 4 is 11.6 Å². The molecule has 1 saturated carbocycles. The first kappa shape index (κ1) is 18.7. The Hall–Kier alpha value is -2.09. The van der Waals surface area contributed by atoms with E-state index >= 15 is 0 Å². The van der Waals surface area contributed by atoms with E-state index in [0.29, 0.717) is 25.0 Å². The Morgan fingerprint density at radius 1 is 1.31 bits per heavy atom. The van der Waals surface area contributed by atoms with Gasteiger partial charge in [0.05, 0.1) is 5.92 Å². The first-order chi connectivity index (χ1) is 12.1. The molecule has 1 aromatic carbocycles. The molecule has 1 fully saturated rings. The molecule has 0 bridgehead atoms. The van der Waals surface area contributed by atoms with Gasteiger partial charge in [0.2, 0.25) is 0 Å². The van der Waals surface area contributed by atoms with Gasteiger partial charge in [0.15, 0.2) is 6.61 Å². The number of ether oxygens (including phenoxy) is 1. The third kappa shape index (κ3) is 3.18. The molecule has 3 rings (SSSR count). The summed E-state index contributed by atoms with van der Waals surface area (Å²) in [6.45, 7) is 3.06. The summed E-state index contributed by atoms with van der Waals surface area (Å²) in [5.74, 6) is -1.84. The second kappa shape index (κ2) is 6.57. The van der Waals surface area contributed by atoms with E-state index in [-0.39, 0.29) is 17.1 Å². The van der Waals surface area contributed by atoms with Gasteiger partial charge in [-0.05, 0) is 56.4 Å². The summed E-state index contributed by atoms with van der Waals surface area (Å²) in [4.78, 5) is 12.4. The van der Waals surface area contributed by atoms with E-state index < -0.39 is 30.3 Å². The number of alkyl halides is 3. The zero-order chi connectivity index (χ0) is 19.1. The quantitative estimate of drug-likeness (QED) is 0.888. The lowest BCUT2D eigenvalue weighted by atomic mass is 9.80. The van der Waals surface area contributed by atoms with Gasteiger partial charge in [0, 0.05) is 5.71 Å². The number of aryl methyl sites for hydroxylation is 2. The molecule has 1 aliphatic heterocycles. The first-order valence-corrected chi connectivity index (χ1v) is 8.53. The Morgan fingerprint density at radius 2 is 1.96 bits per heavy atom. The lowest BCUT2D eigenvalue weighted by Gasteiger charge is -2.38. The molecule has 0 aromatic heterocycles. The van der Waals surface area contributed by atoms with Gasteiger partial charge >= 0.3 is 6.18 Å². The Labute approximate surface area is 149 Å². The summed E-state index contributed by atoms with van der Waals surface area (Å²) in [5, 5.41) is 14.5. The van der Waals surface area contributed by atoms with Crippen LogP contribution < -0.4 is 4.74 Å². The van der Waals surface area contributed by atoms with E-state index in [0.717, 1.165) is 11.1 Å². The zero-order valence-corrected chi connectivity index (χ0v) is 14.6. The number of fused-ring (bicyclic) bond motifs is 1. The molecule has 2 aliphatic rings. The van der Waals surface area contributed by atoms with Crippen LogP contribution in [0.1, 0.15) is 36.8 Å². The van der Waals surface area contributed by atoms with Gasteiger partial charge in [0.25, 0.3) is 11.6 Å². The van der Waals surface area contributed by atoms with E-state index in [2.05, 4.69) is 5.10 Å². The number of benzene rings is 1. The predicted molar refractivity (Wildman–Crippen MR) is 88.7 cm³/mol. The average molecular weight is 370 g/mol. The number of rotatable bonds is 3. The number of hydrazone groups is 1. The smallest absolute Gasteiger partial charge is 0.439 e. The van der Waals surface area contributed by atoms with E-state index in [1.807, 2.05) is 19.9 Å². The highest BCUT2D eigenvalue weighted by molar-refractivity contribution is 5.93. The van der Waals surface area contributed by atoms with Crippen LogP contribution >= 0.6 is 0 Å². The van der Waals surface area contributed by atoms with Crippen molar-refractivity contribution < 1.29 is 27.8 Å². The molecule has 142 valence electrons. The third-order valence-corrected chi connectivity index (χ3v) is 4.83. The molecular formula is C18H21F3N2O3. The monoisotopic (exact) mass is 370 g/mol. The normalized spacial score (nSPS) is 25.7. The molecule has 1 N–H and O–H groups in total. The Morgan fingerprint density at radius 3 is 2.58 bits per heavy atom. The van der Waals surface area contributed by atoms with Crippen LogP contribution in [0.15, 0.2) is 23.3 Å². The van der Waals surface area contributed by atoms with Gasteiger partial charge in [0.1, 0.15) is 5.75 Å². The van der Waals surface area contributed by atoms with Gasteiger partial charge in [-0.25, -0.2) is 0 Å². The van der Waals surface area contributed by atoms with Crippen LogP contribution in [-0.2, 0) is 4.79 Å². The van der Waals surface area contributed by atoms with Crippen LogP contribution in [0.5, 0.6) is 5.75 Å². The number of hydrogen-bond acceptors (Lipinski definition) is 4. The Kier molecular flexibility index (Phi) is 4.72. The molecule has 1 aromatic rings. The molecule has 0 spiro atoms. The van der Waals surface area contributed by atoms with Crippen LogP contribution in [0.25, 0.3) is 0 Å². The summed E-state index contributed by atoms with van der Waals surface area (Å²) < 4.78 is 46.3. The van der Waals surface area contributed by atoms with Crippen molar-refractivity contribution in [1.29, 1.82) is 0 Å². The molecule has 0 saturated heterocycles. The summed E-state index contributed by atoms with van der Waals surface area (Å²) in [7, 11) is 0. The number of carbonyl (C=O) groups is 1. The highest BCUT2D eigenvalue weighted by Crippen LogP contribution is 2.48. The maximum Gasteiger partial charge on any atom is 0.439 e. The van der Waals surface area contributed by atoms with Gasteiger partial charge < -0.3 is 9.84 Å². The largest absolute Gasteiger partial charge is 0.484 e. The van der Waals surface area contributed by atoms with Crippen molar-refractivity contribution in [2.75, 3.05) is 6.61 Å². The number of amides is 1. The van der Waals surface area contributed by atoms with Gasteiger partial charge in [-0.3, -0.25) is 4.79 Å². The minimum absolute atomic E-state index is 0.149. The fourth-order valence-electron chi connectivity index (χ4n) is 3.69. The second-order valence-corrected chi connectivity index (χ2v) is 6.93. The van der Waals surface area contributed by atoms with Crippen LogP contribution in [0.4, 0.5) is 13.2 Å². The summed E-state index contributed by atoms with van der Waals surface area (Å²) in [5.41, 5.74) is -1.25. The standard InChI is InChI=1S/C18H21F3N2O3/c1-11-7-12(2)9-13(8-11)26-10-16(24)23-17(25,18(19,20)21)14-5-3-4-6-15(14)22-23/h7-9,14,25H,3-6,10H2,1-2H3/t14-,17+/m1/s1. The predicted octanol–water partition coefficient (Wildman–Crippen LogP) is 3.32. The van der Waals surface area contributed by atoms with Crippen LogP contribution in [0.3, 0.4) is 0 Å². The first-order valence-electron chi connectivity index (χ1n) is 8.53. The van der Waals surface area contributed by atoms with Crippen LogP contribution in [-0.4, -0.2) is 40.2 Å². The van der Waals surface area contributed by atoms with Crippen molar-refractivity contribution in [1.82, 2.24) is 5.01 Å². The summed E-state index contributed by atoms with van der Waals surface area (Å²) >= 11 is 0. The molecule has 2 atom stereocenters. The van der Waals surface area contributed by atoms with E-state index in [1.165, 1.54) is 0 Å². The fourth-order valence-corrected chi connectivity index (χ4v) is 3.69. The summed E-state index contributed by atoms with van der Waals surface area (Å²) in [6, 6.07) is 5.28. The van der Waals surface area contributed by atoms with E-state index in [9.17, 15) is 23.1 Å². The molecule has 26 heavy (non-hydrogen) atoms. The zero-order valence-electron chi connectivity index (χ0n) is 14.6. The molecule has 1 aliphatic carbocycles. The SMILES string of the molecule is Cc1cc(C)cc(OCC(=O)N2N=C3CCCC[C@H]3[C@]2(O)C(F)(F)F)c1. The Bertz CT molecular complexity index is 727. The van der Waals surface area contributed by atoms with Crippen molar-refractivity contribution in [3.63, 3.8) is 0 Å². The number of nitrogens with zero attached hydrogens (tertiary/aromatic N) is 2. The molecular weight excluding hydrogens is 349 g/mol. The number of carbonyl (C=O) groups excluding carboxylic acids is 1. The molecule has 0 unspecified atom stereocenters. The lowest BCUT2D eigenvalue weighted by Crippen LogP contribution is -2.62. The summed E-state index contributed by atoms with van der Waals surface area (Å²) in [6.07, 6.45) is -3.25. The lowest BCUT2D eigenvalue weighted by molar-refractivity contribution is -0.317. The highest BCUT2D eigenvalue weighted by Gasteiger charge is 2.68. The topological polar surface area (TPSA) is 62.1 Å². The maximum absolute atomic E-state index is 13.6. The van der Waals surface area contributed by atoms with Gasteiger partial charge in [-0.2, -0.15) is 23.3 Å². The van der Waals surface area contributed by atoms with E-state index in [4.69, 9.17) is 4.74 Å². The van der Waals surface area contributed by atoms with Crippen molar-refractivity contribution in [2.45, 2.75) is 51.4 Å². The number of hydrogen-bond donors (Lipinski definition) is 1. The third-order valence-electron chi connectivity index (χ3n) is 4.83. The molecule has 1 amide bonds. The molecule has 5 nitrogen and oxygen atoms in total. The second-order valence-electron chi connectivity index (χ2n) is 6.93. The van der Waals surface area contributed by atoms with Crippen molar-refractivity contribution in [3.8, 4) is 5.75 Å². The maximum atomic E-state index is 13.6. The van der Waals surface area contributed by atoms with E-state index in [1.54, 1.807) is 12.1 Å². The number of aliphatic hydroxyl groups is 1. The average Bonchev–Trinajstić information content (AvgIpc) is 2.86. The van der Waals surface area contributed by atoms with Crippen LogP contribution in [0, 0.1) is 19.8 Å². The van der Waals surface area contributed by atoms with Gasteiger partial charge in [-0.15, -0.1) is 0 Å². The molecule has 8 heteroatoms. The van der Waals surface area contributed by atoms with Crippen LogP contribution in [0.2, 0.25) is 0 Å². The fraction of sp³-hybridized carbons (Fsp3) is 0.556. The number of halogens is 3.